The fourth-order valence-electron chi connectivity index (χ4n) is 2.01. The number of hydrogen-bond donors (Lipinski definition) is 0. The van der Waals surface area contributed by atoms with Gasteiger partial charge in [0.25, 0.3) is 11.8 Å². The molecule has 2 aromatic rings. The molecular weight excluding hydrogens is 290 g/mol. The predicted molar refractivity (Wildman–Crippen MR) is 85.9 cm³/mol. The molecule has 0 fully saturated rings. The normalized spacial score (nSPS) is 9.52. The Morgan fingerprint density at radius 3 is 1.74 bits per heavy atom. The number of carbonyl (C=O) groups excluding carboxylic acids is 2. The molecule has 0 saturated heterocycles. The molecule has 23 heavy (non-hydrogen) atoms. The number of nitrogens with zero attached hydrogens (tertiary/aromatic N) is 3. The van der Waals surface area contributed by atoms with Crippen molar-refractivity contribution in [2.45, 2.75) is 0 Å². The Kier molecular flexibility index (Phi) is 5.26. The van der Waals surface area contributed by atoms with Gasteiger partial charge < -0.3 is 0 Å². The van der Waals surface area contributed by atoms with Gasteiger partial charge >= 0.3 is 0 Å². The first-order valence-electron chi connectivity index (χ1n) is 6.96. The van der Waals surface area contributed by atoms with Crippen LogP contribution in [0.1, 0.15) is 20.7 Å². The summed E-state index contributed by atoms with van der Waals surface area (Å²) in [6.45, 7) is 3.60. The van der Waals surface area contributed by atoms with Crippen molar-refractivity contribution in [1.82, 2.24) is 10.0 Å². The Hall–Kier alpha value is -3.39. The Balaban J connectivity index is 2.44. The minimum Gasteiger partial charge on any atom is -0.267 e. The SMILES string of the molecule is C=CCN(C#N)N(C(=O)c1ccccc1)C(=O)c1ccccc1. The number of amides is 2. The van der Waals surface area contributed by atoms with Gasteiger partial charge in [-0.3, -0.25) is 9.59 Å². The second-order valence-electron chi connectivity index (χ2n) is 4.62. The van der Waals surface area contributed by atoms with E-state index in [1.807, 2.05) is 6.19 Å². The van der Waals surface area contributed by atoms with Crippen LogP contribution in [0.2, 0.25) is 0 Å². The monoisotopic (exact) mass is 305 g/mol. The molecule has 0 saturated carbocycles. The summed E-state index contributed by atoms with van der Waals surface area (Å²) in [7, 11) is 0. The summed E-state index contributed by atoms with van der Waals surface area (Å²) in [5, 5.41) is 11.1. The summed E-state index contributed by atoms with van der Waals surface area (Å²) in [6.07, 6.45) is 3.30. The molecule has 0 aliphatic rings. The van der Waals surface area contributed by atoms with Gasteiger partial charge in [0, 0.05) is 11.1 Å². The highest BCUT2D eigenvalue weighted by molar-refractivity contribution is 6.09. The van der Waals surface area contributed by atoms with E-state index in [0.717, 1.165) is 10.0 Å². The lowest BCUT2D eigenvalue weighted by molar-refractivity contribution is 0.0239. The van der Waals surface area contributed by atoms with Crippen LogP contribution in [-0.4, -0.2) is 28.4 Å². The van der Waals surface area contributed by atoms with Crippen molar-refractivity contribution >= 4 is 11.8 Å². The third-order valence-corrected chi connectivity index (χ3v) is 3.09. The van der Waals surface area contributed by atoms with Crippen LogP contribution >= 0.6 is 0 Å². The lowest BCUT2D eigenvalue weighted by Gasteiger charge is -2.27. The van der Waals surface area contributed by atoms with Crippen LogP contribution in [0, 0.1) is 11.5 Å². The zero-order valence-electron chi connectivity index (χ0n) is 12.4. The van der Waals surface area contributed by atoms with Gasteiger partial charge in [-0.25, -0.2) is 5.01 Å². The van der Waals surface area contributed by atoms with Gasteiger partial charge in [0.05, 0.1) is 6.54 Å². The number of hydrazine groups is 1. The Morgan fingerprint density at radius 1 is 0.957 bits per heavy atom. The molecule has 2 aromatic carbocycles. The predicted octanol–water partition coefficient (Wildman–Crippen LogP) is 2.85. The van der Waals surface area contributed by atoms with Gasteiger partial charge in [0.1, 0.15) is 0 Å². The van der Waals surface area contributed by atoms with Crippen molar-refractivity contribution in [3.05, 3.63) is 84.4 Å². The number of carbonyl (C=O) groups is 2. The molecule has 0 N–H and O–H groups in total. The number of rotatable bonds is 5. The van der Waals surface area contributed by atoms with E-state index in [0.29, 0.717) is 11.1 Å². The minimum atomic E-state index is -0.567. The molecule has 0 atom stereocenters. The van der Waals surface area contributed by atoms with Crippen LogP contribution in [0.15, 0.2) is 73.3 Å². The molecular formula is C18H15N3O2. The first-order chi connectivity index (χ1) is 11.2. The summed E-state index contributed by atoms with van der Waals surface area (Å²) < 4.78 is 0. The van der Waals surface area contributed by atoms with Crippen molar-refractivity contribution in [2.24, 2.45) is 0 Å². The van der Waals surface area contributed by atoms with E-state index >= 15 is 0 Å². The van der Waals surface area contributed by atoms with Crippen molar-refractivity contribution in [1.29, 1.82) is 5.26 Å². The van der Waals surface area contributed by atoms with E-state index in [4.69, 9.17) is 0 Å². The Labute approximate surface area is 134 Å². The van der Waals surface area contributed by atoms with Crippen LogP contribution in [-0.2, 0) is 0 Å². The van der Waals surface area contributed by atoms with Crippen molar-refractivity contribution < 1.29 is 9.59 Å². The maximum Gasteiger partial charge on any atom is 0.280 e. The van der Waals surface area contributed by atoms with Gasteiger partial charge in [-0.2, -0.15) is 10.3 Å². The third kappa shape index (κ3) is 3.63. The highest BCUT2D eigenvalue weighted by atomic mass is 16.2. The van der Waals surface area contributed by atoms with E-state index in [-0.39, 0.29) is 6.54 Å². The Morgan fingerprint density at radius 2 is 1.39 bits per heavy atom. The zero-order chi connectivity index (χ0) is 16.7. The summed E-state index contributed by atoms with van der Waals surface area (Å²) in [5.41, 5.74) is 0.641. The van der Waals surface area contributed by atoms with E-state index < -0.39 is 11.8 Å². The Bertz CT molecular complexity index is 684. The zero-order valence-corrected chi connectivity index (χ0v) is 12.4. The molecule has 2 rings (SSSR count). The van der Waals surface area contributed by atoms with Gasteiger partial charge in [0.15, 0.2) is 0 Å². The number of hydrogen-bond acceptors (Lipinski definition) is 4. The minimum absolute atomic E-state index is 0.0493. The lowest BCUT2D eigenvalue weighted by Crippen LogP contribution is -2.48. The standard InChI is InChI=1S/C18H15N3O2/c1-2-13-20(14-19)21(17(22)15-9-5-3-6-10-15)18(23)16-11-7-4-8-12-16/h2-12H,1,13H2. The molecule has 0 unspecified atom stereocenters. The molecule has 0 radical (unpaired) electrons. The highest BCUT2D eigenvalue weighted by Gasteiger charge is 2.29. The largest absolute Gasteiger partial charge is 0.280 e. The quantitative estimate of drug-likeness (QED) is 0.280. The van der Waals surface area contributed by atoms with Gasteiger partial charge in [-0.1, -0.05) is 42.5 Å². The molecule has 0 aliphatic heterocycles. The van der Waals surface area contributed by atoms with E-state index in [2.05, 4.69) is 6.58 Å². The van der Waals surface area contributed by atoms with Crippen LogP contribution in [0.4, 0.5) is 0 Å². The van der Waals surface area contributed by atoms with Gasteiger partial charge in [0.2, 0.25) is 6.19 Å². The maximum absolute atomic E-state index is 12.7. The van der Waals surface area contributed by atoms with E-state index in [1.54, 1.807) is 60.7 Å². The molecule has 0 aliphatic carbocycles. The molecule has 0 heterocycles. The molecule has 5 heteroatoms. The third-order valence-electron chi connectivity index (χ3n) is 3.09. The van der Waals surface area contributed by atoms with Crippen LogP contribution in [0.25, 0.3) is 0 Å². The van der Waals surface area contributed by atoms with Crippen LogP contribution in [0.5, 0.6) is 0 Å². The van der Waals surface area contributed by atoms with Gasteiger partial charge in [-0.05, 0) is 24.3 Å². The molecule has 0 spiro atoms. The average Bonchev–Trinajstić information content (AvgIpc) is 2.62. The molecule has 5 nitrogen and oxygen atoms in total. The number of imide groups is 1. The average molecular weight is 305 g/mol. The summed E-state index contributed by atoms with van der Waals surface area (Å²) >= 11 is 0. The molecule has 2 amide bonds. The summed E-state index contributed by atoms with van der Waals surface area (Å²) in [5.74, 6) is -1.13. The topological polar surface area (TPSA) is 64.4 Å². The second kappa shape index (κ2) is 7.57. The first-order valence-corrected chi connectivity index (χ1v) is 6.96. The van der Waals surface area contributed by atoms with Crippen molar-refractivity contribution in [2.75, 3.05) is 6.54 Å². The van der Waals surface area contributed by atoms with Crippen molar-refractivity contribution in [3.63, 3.8) is 0 Å². The lowest BCUT2D eigenvalue weighted by atomic mass is 10.1. The smallest absolute Gasteiger partial charge is 0.267 e. The highest BCUT2D eigenvalue weighted by Crippen LogP contribution is 2.13. The first kappa shape index (κ1) is 16.0. The van der Waals surface area contributed by atoms with Gasteiger partial charge in [-0.15, -0.1) is 6.58 Å². The number of nitriles is 1. The molecule has 114 valence electrons. The van der Waals surface area contributed by atoms with Crippen molar-refractivity contribution in [3.8, 4) is 6.19 Å². The fraction of sp³-hybridized carbons (Fsp3) is 0.0556. The van der Waals surface area contributed by atoms with E-state index in [9.17, 15) is 14.9 Å². The number of benzene rings is 2. The van der Waals surface area contributed by atoms with E-state index in [1.165, 1.54) is 6.08 Å². The summed E-state index contributed by atoms with van der Waals surface area (Å²) in [6, 6.07) is 16.7. The summed E-state index contributed by atoms with van der Waals surface area (Å²) in [4.78, 5) is 25.4. The molecule has 0 bridgehead atoms. The van der Waals surface area contributed by atoms with Crippen LogP contribution in [0.3, 0.4) is 0 Å². The maximum atomic E-state index is 12.7. The molecule has 0 aromatic heterocycles. The van der Waals surface area contributed by atoms with Crippen LogP contribution < -0.4 is 0 Å². The second-order valence-corrected chi connectivity index (χ2v) is 4.62. The fourth-order valence-corrected chi connectivity index (χ4v) is 2.01.